The molecule has 1 aliphatic carbocycles. The lowest BCUT2D eigenvalue weighted by Crippen LogP contribution is -2.00. The van der Waals surface area contributed by atoms with Crippen LogP contribution in [0.25, 0.3) is 0 Å². The second-order valence-corrected chi connectivity index (χ2v) is 1.42. The summed E-state index contributed by atoms with van der Waals surface area (Å²) in [5.41, 5.74) is 4.99. The monoisotopic (exact) mass is 111 g/mol. The molecule has 1 rings (SSSR count). The molecule has 0 heterocycles. The van der Waals surface area contributed by atoms with Crippen LogP contribution in [0.3, 0.4) is 0 Å². The summed E-state index contributed by atoms with van der Waals surface area (Å²) in [5, 5.41) is 0. The Balaban J connectivity index is 0.000000250. The van der Waals surface area contributed by atoms with E-state index in [0.717, 1.165) is 0 Å². The van der Waals surface area contributed by atoms with Crippen LogP contribution in [0.4, 0.5) is 4.39 Å². The maximum Gasteiger partial charge on any atom is 0.117 e. The van der Waals surface area contributed by atoms with E-state index in [1.165, 1.54) is 0 Å². The van der Waals surface area contributed by atoms with Gasteiger partial charge in [-0.3, -0.25) is 0 Å². The van der Waals surface area contributed by atoms with Crippen LogP contribution in [0.15, 0.2) is 0 Å². The van der Waals surface area contributed by atoms with Crippen molar-refractivity contribution >= 4 is 12.4 Å². The van der Waals surface area contributed by atoms with E-state index < -0.39 is 6.17 Å². The van der Waals surface area contributed by atoms with Crippen molar-refractivity contribution < 1.29 is 4.39 Å². The van der Waals surface area contributed by atoms with Gasteiger partial charge in [0, 0.05) is 6.04 Å². The highest BCUT2D eigenvalue weighted by molar-refractivity contribution is 5.85. The fraction of sp³-hybridized carbons (Fsp3) is 1.00. The fourth-order valence-electron chi connectivity index (χ4n) is 0.181. The van der Waals surface area contributed by atoms with E-state index in [9.17, 15) is 4.39 Å². The number of hydrogen-bond acceptors (Lipinski definition) is 1. The van der Waals surface area contributed by atoms with Crippen molar-refractivity contribution in [2.24, 2.45) is 5.73 Å². The van der Waals surface area contributed by atoms with Gasteiger partial charge in [0.25, 0.3) is 0 Å². The van der Waals surface area contributed by atoms with E-state index >= 15 is 0 Å². The molecule has 3 heteroatoms. The number of alkyl halides is 1. The first-order valence-corrected chi connectivity index (χ1v) is 1.70. The molecule has 6 heavy (non-hydrogen) atoms. The molecule has 0 saturated heterocycles. The minimum absolute atomic E-state index is 0. The first-order valence-electron chi connectivity index (χ1n) is 1.70. The number of halogens is 2. The van der Waals surface area contributed by atoms with E-state index in [1.54, 1.807) is 0 Å². The van der Waals surface area contributed by atoms with Gasteiger partial charge in [0.1, 0.15) is 6.17 Å². The van der Waals surface area contributed by atoms with Gasteiger partial charge in [-0.2, -0.15) is 0 Å². The van der Waals surface area contributed by atoms with Gasteiger partial charge in [-0.15, -0.1) is 12.4 Å². The van der Waals surface area contributed by atoms with Crippen molar-refractivity contribution in [2.45, 2.75) is 18.6 Å². The molecule has 0 bridgehead atoms. The van der Waals surface area contributed by atoms with Crippen LogP contribution >= 0.6 is 12.4 Å². The summed E-state index contributed by atoms with van der Waals surface area (Å²) >= 11 is 0. The fourth-order valence-corrected chi connectivity index (χ4v) is 0.181. The lowest BCUT2D eigenvalue weighted by atomic mass is 10.8. The van der Waals surface area contributed by atoms with Gasteiger partial charge in [0.2, 0.25) is 0 Å². The quantitative estimate of drug-likeness (QED) is 0.484. The molecular weight excluding hydrogens is 104 g/mol. The zero-order chi connectivity index (χ0) is 3.86. The lowest BCUT2D eigenvalue weighted by molar-refractivity contribution is 0.467. The van der Waals surface area contributed by atoms with Crippen LogP contribution in [0.2, 0.25) is 0 Å². The number of nitrogens with two attached hydrogens (primary N) is 1. The van der Waals surface area contributed by atoms with Crippen molar-refractivity contribution in [3.05, 3.63) is 0 Å². The molecule has 0 aromatic carbocycles. The zero-order valence-corrected chi connectivity index (χ0v) is 4.04. The average Bonchev–Trinajstić information content (AvgIpc) is 1.79. The van der Waals surface area contributed by atoms with Crippen molar-refractivity contribution in [3.63, 3.8) is 0 Å². The summed E-state index contributed by atoms with van der Waals surface area (Å²) in [4.78, 5) is 0. The van der Waals surface area contributed by atoms with E-state index in [0.29, 0.717) is 6.42 Å². The highest BCUT2D eigenvalue weighted by Gasteiger charge is 2.32. The zero-order valence-electron chi connectivity index (χ0n) is 3.23. The molecule has 2 N–H and O–H groups in total. The molecule has 0 aromatic rings. The van der Waals surface area contributed by atoms with Crippen molar-refractivity contribution in [1.82, 2.24) is 0 Å². The van der Waals surface area contributed by atoms with Gasteiger partial charge in [-0.05, 0) is 6.42 Å². The van der Waals surface area contributed by atoms with Crippen LogP contribution in [0.5, 0.6) is 0 Å². The van der Waals surface area contributed by atoms with Crippen LogP contribution in [-0.4, -0.2) is 12.2 Å². The summed E-state index contributed by atoms with van der Waals surface area (Å²) in [5.74, 6) is 0. The summed E-state index contributed by atoms with van der Waals surface area (Å²) in [6.45, 7) is 0. The first kappa shape index (κ1) is 6.18. The van der Waals surface area contributed by atoms with E-state index in [1.807, 2.05) is 0 Å². The minimum atomic E-state index is -0.671. The number of hydrogen-bond donors (Lipinski definition) is 1. The van der Waals surface area contributed by atoms with Crippen molar-refractivity contribution in [1.29, 1.82) is 0 Å². The highest BCUT2D eigenvalue weighted by atomic mass is 35.5. The molecule has 0 amide bonds. The van der Waals surface area contributed by atoms with Gasteiger partial charge in [0.05, 0.1) is 0 Å². The standard InChI is InChI=1S/C3H6FN.ClH/c4-2-1-3(2)5;/h2-3H,1,5H2;1H/t2-,3-;/m1./s1. The van der Waals surface area contributed by atoms with Gasteiger partial charge < -0.3 is 5.73 Å². The summed E-state index contributed by atoms with van der Waals surface area (Å²) in [7, 11) is 0. The maximum atomic E-state index is 11.4. The molecule has 1 saturated carbocycles. The molecule has 1 nitrogen and oxygen atoms in total. The Morgan fingerprint density at radius 1 is 1.67 bits per heavy atom. The minimum Gasteiger partial charge on any atom is -0.325 e. The summed E-state index contributed by atoms with van der Waals surface area (Å²) in [6.07, 6.45) is -0.0880. The van der Waals surface area contributed by atoms with Crippen LogP contribution in [-0.2, 0) is 0 Å². The Morgan fingerprint density at radius 2 is 1.83 bits per heavy atom. The average molecular weight is 112 g/mol. The maximum absolute atomic E-state index is 11.4. The van der Waals surface area contributed by atoms with Crippen molar-refractivity contribution in [3.8, 4) is 0 Å². The van der Waals surface area contributed by atoms with Gasteiger partial charge in [-0.1, -0.05) is 0 Å². The summed E-state index contributed by atoms with van der Waals surface area (Å²) < 4.78 is 11.4. The molecule has 38 valence electrons. The van der Waals surface area contributed by atoms with Gasteiger partial charge in [-0.25, -0.2) is 4.39 Å². The Hall–Kier alpha value is 0.180. The smallest absolute Gasteiger partial charge is 0.117 e. The molecule has 0 aliphatic heterocycles. The predicted molar refractivity (Wildman–Crippen MR) is 24.7 cm³/mol. The topological polar surface area (TPSA) is 26.0 Å². The SMILES string of the molecule is Cl.N[C@@H]1C[C@H]1F. The molecular formula is C3H7ClFN. The Labute approximate surface area is 42.1 Å². The van der Waals surface area contributed by atoms with Gasteiger partial charge in [0.15, 0.2) is 0 Å². The third-order valence-electron chi connectivity index (χ3n) is 0.759. The van der Waals surface area contributed by atoms with E-state index in [4.69, 9.17) is 5.73 Å². The van der Waals surface area contributed by atoms with Crippen LogP contribution < -0.4 is 5.73 Å². The molecule has 0 aromatic heterocycles. The van der Waals surface area contributed by atoms with Crippen LogP contribution in [0.1, 0.15) is 6.42 Å². The van der Waals surface area contributed by atoms with Gasteiger partial charge >= 0.3 is 0 Å². The number of rotatable bonds is 0. The Kier molecular flexibility index (Phi) is 1.81. The third-order valence-corrected chi connectivity index (χ3v) is 0.759. The predicted octanol–water partition coefficient (Wildman–Crippen LogP) is 0.477. The molecule has 0 radical (unpaired) electrons. The van der Waals surface area contributed by atoms with Crippen molar-refractivity contribution in [2.75, 3.05) is 0 Å². The highest BCUT2D eigenvalue weighted by Crippen LogP contribution is 2.21. The van der Waals surface area contributed by atoms with E-state index in [-0.39, 0.29) is 18.4 Å². The third kappa shape index (κ3) is 1.11. The first-order chi connectivity index (χ1) is 2.30. The second kappa shape index (κ2) is 1.76. The molecule has 0 spiro atoms. The van der Waals surface area contributed by atoms with Crippen LogP contribution in [0, 0.1) is 0 Å². The molecule has 2 atom stereocenters. The lowest BCUT2D eigenvalue weighted by Gasteiger charge is -1.66. The molecule has 0 unspecified atom stereocenters. The Morgan fingerprint density at radius 3 is 1.83 bits per heavy atom. The molecule has 1 aliphatic rings. The summed E-state index contributed by atoms with van der Waals surface area (Å²) in [6, 6.07) is -0.116. The largest absolute Gasteiger partial charge is 0.325 e. The normalized spacial score (nSPS) is 41.0. The van der Waals surface area contributed by atoms with E-state index in [2.05, 4.69) is 0 Å². The second-order valence-electron chi connectivity index (χ2n) is 1.42. The Bertz CT molecular complexity index is 44.1. The molecule has 1 fully saturated rings.